The van der Waals surface area contributed by atoms with Crippen LogP contribution in [0, 0.1) is 13.8 Å². The third-order valence-corrected chi connectivity index (χ3v) is 6.55. The Bertz CT molecular complexity index is 1140. The van der Waals surface area contributed by atoms with Crippen molar-refractivity contribution in [1.29, 1.82) is 0 Å². The molecule has 3 atom stereocenters. The molecular weight excluding hydrogens is 486 g/mol. The van der Waals surface area contributed by atoms with Gasteiger partial charge in [0.15, 0.2) is 0 Å². The van der Waals surface area contributed by atoms with E-state index in [9.17, 15) is 13.6 Å². The maximum Gasteiger partial charge on any atom is 0.280 e. The number of nitrogens with zero attached hydrogens (tertiary/aromatic N) is 6. The minimum atomic E-state index is -2.69. The fraction of sp³-hybridized carbons (Fsp3) is 0.476. The van der Waals surface area contributed by atoms with Crippen LogP contribution in [0.1, 0.15) is 71.0 Å². The van der Waals surface area contributed by atoms with Gasteiger partial charge in [-0.25, -0.2) is 18.3 Å². The summed E-state index contributed by atoms with van der Waals surface area (Å²) in [6.07, 6.45) is 3.65. The number of amides is 1. The average molecular weight is 515 g/mol. The van der Waals surface area contributed by atoms with E-state index in [0.717, 1.165) is 36.9 Å². The molecule has 2 aliphatic heterocycles. The predicted octanol–water partition coefficient (Wildman–Crippen LogP) is 3.96. The maximum absolute atomic E-state index is 13.4. The van der Waals surface area contributed by atoms with Gasteiger partial charge in [0, 0.05) is 29.9 Å². The Morgan fingerprint density at radius 1 is 1.06 bits per heavy atom. The largest absolute Gasteiger partial charge is 0.332 e. The van der Waals surface area contributed by atoms with E-state index in [-0.39, 0.29) is 75.9 Å². The monoisotopic (exact) mass is 514 g/mol. The molecule has 5 heterocycles. The molecule has 7 nitrogen and oxygen atoms in total. The van der Waals surface area contributed by atoms with E-state index in [1.165, 1.54) is 16.9 Å². The van der Waals surface area contributed by atoms with Crippen molar-refractivity contribution in [2.75, 3.05) is 0 Å². The summed E-state index contributed by atoms with van der Waals surface area (Å²) in [6, 6.07) is 3.40. The van der Waals surface area contributed by atoms with Crippen LogP contribution in [-0.4, -0.2) is 47.5 Å². The zero-order valence-electron chi connectivity index (χ0n) is 18.3. The van der Waals surface area contributed by atoms with Crippen LogP contribution in [-0.2, 0) is 0 Å². The molecule has 3 aromatic heterocycles. The van der Waals surface area contributed by atoms with Gasteiger partial charge in [-0.15, -0.1) is 0 Å². The molecule has 0 spiro atoms. The van der Waals surface area contributed by atoms with Gasteiger partial charge in [-0.2, -0.15) is 50.6 Å². The zero-order chi connectivity index (χ0) is 21.0. The first-order valence-corrected chi connectivity index (χ1v) is 10.2. The molecule has 33 heavy (non-hydrogen) atoms. The van der Waals surface area contributed by atoms with E-state index >= 15 is 0 Å². The topological polar surface area (TPSA) is 76.3 Å². The molecule has 12 heteroatoms. The lowest BCUT2D eigenvalue weighted by Gasteiger charge is -2.40. The molecule has 0 N–H and O–H groups in total. The third kappa shape index (κ3) is 4.69. The number of halogens is 2. The summed E-state index contributed by atoms with van der Waals surface area (Å²) < 4.78 is 28.4. The van der Waals surface area contributed by atoms with Crippen LogP contribution in [0.5, 0.6) is 0 Å². The number of carbonyl (C=O) groups is 1. The van der Waals surface area contributed by atoms with Crippen molar-refractivity contribution < 1.29 is 13.6 Å². The Morgan fingerprint density at radius 3 is 2.48 bits per heavy atom. The lowest BCUT2D eigenvalue weighted by molar-refractivity contribution is 0.0553. The van der Waals surface area contributed by atoms with Crippen molar-refractivity contribution in [3.8, 4) is 0 Å². The SMILES string of the molecule is Cc1cc(C(=O)N2[C@H]3CC[C@H](c4cc(C(F)F)nc5ncnn45)[C@@H]2CC3)cnc1C.S.S.S. The normalized spacial score (nSPS) is 21.4. The van der Waals surface area contributed by atoms with Crippen LogP contribution in [0.15, 0.2) is 24.7 Å². The number of fused-ring (bicyclic) bond motifs is 3. The number of aryl methyl sites for hydroxylation is 2. The Balaban J connectivity index is 0.00000128. The highest BCUT2D eigenvalue weighted by molar-refractivity contribution is 7.59. The first-order chi connectivity index (χ1) is 14.4. The fourth-order valence-corrected chi connectivity index (χ4v) is 4.96. The highest BCUT2D eigenvalue weighted by atomic mass is 32.1. The average Bonchev–Trinajstić information content (AvgIpc) is 3.32. The lowest BCUT2D eigenvalue weighted by atomic mass is 9.86. The van der Waals surface area contributed by atoms with Crippen molar-refractivity contribution in [3.05, 3.63) is 52.9 Å². The van der Waals surface area contributed by atoms with Crippen LogP contribution in [0.25, 0.3) is 5.78 Å². The highest BCUT2D eigenvalue weighted by Gasteiger charge is 2.46. The summed E-state index contributed by atoms with van der Waals surface area (Å²) in [5.74, 6) is 0.0248. The molecule has 3 aromatic rings. The molecule has 5 rings (SSSR count). The van der Waals surface area contributed by atoms with Crippen LogP contribution in [0.2, 0.25) is 0 Å². The number of hydrogen-bond acceptors (Lipinski definition) is 5. The molecule has 0 unspecified atom stereocenters. The van der Waals surface area contributed by atoms with E-state index in [1.807, 2.05) is 24.8 Å². The molecule has 0 aromatic carbocycles. The summed E-state index contributed by atoms with van der Waals surface area (Å²) in [5.41, 5.74) is 2.79. The fourth-order valence-electron chi connectivity index (χ4n) is 4.96. The second-order valence-electron chi connectivity index (χ2n) is 8.20. The van der Waals surface area contributed by atoms with Gasteiger partial charge in [0.25, 0.3) is 18.1 Å². The number of hydrogen-bond donors (Lipinski definition) is 0. The molecule has 2 fully saturated rings. The number of aromatic nitrogens is 5. The van der Waals surface area contributed by atoms with Gasteiger partial charge in [-0.1, -0.05) is 0 Å². The Labute approximate surface area is 211 Å². The summed E-state index contributed by atoms with van der Waals surface area (Å²) in [5, 5.41) is 4.21. The lowest BCUT2D eigenvalue weighted by Crippen LogP contribution is -2.47. The van der Waals surface area contributed by atoms with Crippen molar-refractivity contribution in [2.45, 2.75) is 64.0 Å². The van der Waals surface area contributed by atoms with Crippen molar-refractivity contribution in [2.24, 2.45) is 0 Å². The molecule has 2 bridgehead atoms. The minimum absolute atomic E-state index is 0. The van der Waals surface area contributed by atoms with Gasteiger partial charge in [-0.05, 0) is 57.2 Å². The minimum Gasteiger partial charge on any atom is -0.332 e. The molecule has 1 amide bonds. The third-order valence-electron chi connectivity index (χ3n) is 6.55. The zero-order valence-corrected chi connectivity index (χ0v) is 21.3. The Morgan fingerprint density at radius 2 is 1.79 bits per heavy atom. The molecule has 0 aliphatic carbocycles. The quantitative estimate of drug-likeness (QED) is 0.529. The standard InChI is InChI=1S/C21H22F2N6O.3H2S/c1-11-7-13(9-24-12(11)2)20(30)28-14-3-5-15(17(28)6-4-14)18-8-16(19(22)23)27-21-25-10-26-29(18)21;;;/h7-10,14-15,17,19H,3-6H2,1-2H3;3*1H2/t14-,15-,17-;;;/m0.../s1. The number of pyridine rings is 1. The van der Waals surface area contributed by atoms with Crippen LogP contribution in [0.3, 0.4) is 0 Å². The number of piperidine rings is 1. The molecule has 180 valence electrons. The van der Waals surface area contributed by atoms with Gasteiger partial charge in [0.05, 0.1) is 11.3 Å². The Kier molecular flexibility index (Phi) is 8.74. The molecule has 0 radical (unpaired) electrons. The first kappa shape index (κ1) is 27.3. The van der Waals surface area contributed by atoms with Gasteiger partial charge in [0.1, 0.15) is 12.0 Å². The number of rotatable bonds is 3. The van der Waals surface area contributed by atoms with Gasteiger partial charge >= 0.3 is 0 Å². The number of alkyl halides is 2. The maximum atomic E-state index is 13.4. The summed E-state index contributed by atoms with van der Waals surface area (Å²) in [7, 11) is 0. The second kappa shape index (κ2) is 10.6. The van der Waals surface area contributed by atoms with E-state index < -0.39 is 6.43 Å². The molecule has 2 aliphatic rings. The second-order valence-corrected chi connectivity index (χ2v) is 8.20. The van der Waals surface area contributed by atoms with Gasteiger partial charge in [0.2, 0.25) is 0 Å². The van der Waals surface area contributed by atoms with Crippen LogP contribution < -0.4 is 0 Å². The molecular formula is C21H28F2N6OS3. The van der Waals surface area contributed by atoms with Gasteiger partial charge < -0.3 is 4.90 Å². The smallest absolute Gasteiger partial charge is 0.280 e. The first-order valence-electron chi connectivity index (χ1n) is 10.2. The summed E-state index contributed by atoms with van der Waals surface area (Å²) in [6.45, 7) is 3.86. The van der Waals surface area contributed by atoms with E-state index in [0.29, 0.717) is 11.3 Å². The molecule has 2 saturated heterocycles. The number of carbonyl (C=O) groups excluding carboxylic acids is 1. The summed E-state index contributed by atoms with van der Waals surface area (Å²) in [4.78, 5) is 27.6. The van der Waals surface area contributed by atoms with E-state index in [1.54, 1.807) is 6.20 Å². The van der Waals surface area contributed by atoms with E-state index in [4.69, 9.17) is 0 Å². The van der Waals surface area contributed by atoms with Crippen molar-refractivity contribution in [1.82, 2.24) is 29.5 Å². The van der Waals surface area contributed by atoms with E-state index in [2.05, 4.69) is 20.1 Å². The van der Waals surface area contributed by atoms with Gasteiger partial charge in [-0.3, -0.25) is 9.78 Å². The Hall–Kier alpha value is -1.92. The predicted molar refractivity (Wildman–Crippen MR) is 136 cm³/mol. The highest BCUT2D eigenvalue weighted by Crippen LogP contribution is 2.45. The van der Waals surface area contributed by atoms with Crippen molar-refractivity contribution >= 4 is 52.2 Å². The molecule has 0 saturated carbocycles. The van der Waals surface area contributed by atoms with Crippen LogP contribution in [0.4, 0.5) is 8.78 Å². The van der Waals surface area contributed by atoms with Crippen molar-refractivity contribution in [3.63, 3.8) is 0 Å². The summed E-state index contributed by atoms with van der Waals surface area (Å²) >= 11 is 0. The van der Waals surface area contributed by atoms with Crippen LogP contribution >= 0.6 is 40.5 Å².